The van der Waals surface area contributed by atoms with Crippen molar-refractivity contribution in [2.75, 3.05) is 18.9 Å². The van der Waals surface area contributed by atoms with E-state index in [0.29, 0.717) is 5.75 Å². The number of nitrogens with one attached hydrogen (secondary N) is 2. The summed E-state index contributed by atoms with van der Waals surface area (Å²) in [6.07, 6.45) is 0. The number of nitrogens with zero attached hydrogens (tertiary/aromatic N) is 1. The standard InChI is InChI=1S/C14H17N3O5S/c1-8-13(9(2)22-16-8)23(19,20)17-12-6-5-10(21-4)7-11(12)14(18)15-3/h5-7,17H,1-4H3,(H,15,18). The first-order valence-electron chi connectivity index (χ1n) is 6.66. The summed E-state index contributed by atoms with van der Waals surface area (Å²) in [6, 6.07) is 4.46. The van der Waals surface area contributed by atoms with Gasteiger partial charge in [-0.25, -0.2) is 8.42 Å². The molecule has 0 radical (unpaired) electrons. The molecule has 0 fully saturated rings. The molecule has 2 aromatic rings. The summed E-state index contributed by atoms with van der Waals surface area (Å²) in [5.41, 5.74) is 0.511. The van der Waals surface area contributed by atoms with Crippen molar-refractivity contribution in [2.45, 2.75) is 18.7 Å². The molecule has 2 rings (SSSR count). The molecule has 0 bridgehead atoms. The molecule has 9 heteroatoms. The fraction of sp³-hybridized carbons (Fsp3) is 0.286. The lowest BCUT2D eigenvalue weighted by atomic mass is 10.1. The first kappa shape index (κ1) is 16.8. The first-order valence-corrected chi connectivity index (χ1v) is 8.14. The Kier molecular flexibility index (Phi) is 4.60. The number of carbonyl (C=O) groups is 1. The molecule has 0 aliphatic heterocycles. The highest BCUT2D eigenvalue weighted by Crippen LogP contribution is 2.27. The summed E-state index contributed by atoms with van der Waals surface area (Å²) >= 11 is 0. The molecular formula is C14H17N3O5S. The van der Waals surface area contributed by atoms with Crippen LogP contribution in [-0.2, 0) is 10.0 Å². The number of hydrogen-bond donors (Lipinski definition) is 2. The molecule has 0 atom stereocenters. The lowest BCUT2D eigenvalue weighted by Crippen LogP contribution is -2.22. The molecule has 0 saturated heterocycles. The molecule has 1 heterocycles. The van der Waals surface area contributed by atoms with Crippen LogP contribution in [0.2, 0.25) is 0 Å². The normalized spacial score (nSPS) is 11.1. The second-order valence-electron chi connectivity index (χ2n) is 4.75. The van der Waals surface area contributed by atoms with E-state index in [2.05, 4.69) is 15.2 Å². The number of sulfonamides is 1. The van der Waals surface area contributed by atoms with Crippen molar-refractivity contribution in [2.24, 2.45) is 0 Å². The number of aromatic nitrogens is 1. The Bertz CT molecular complexity index is 823. The Hall–Kier alpha value is -2.55. The summed E-state index contributed by atoms with van der Waals surface area (Å²) in [5, 5.41) is 6.09. The number of amides is 1. The van der Waals surface area contributed by atoms with E-state index in [1.807, 2.05) is 0 Å². The second kappa shape index (κ2) is 6.29. The molecule has 0 aliphatic carbocycles. The number of aryl methyl sites for hydroxylation is 2. The van der Waals surface area contributed by atoms with E-state index >= 15 is 0 Å². The van der Waals surface area contributed by atoms with Crippen molar-refractivity contribution in [1.29, 1.82) is 0 Å². The van der Waals surface area contributed by atoms with E-state index in [-0.39, 0.29) is 27.6 Å². The lowest BCUT2D eigenvalue weighted by molar-refractivity contribution is 0.0963. The molecule has 0 aliphatic rings. The van der Waals surface area contributed by atoms with E-state index in [9.17, 15) is 13.2 Å². The third-order valence-electron chi connectivity index (χ3n) is 3.18. The molecule has 124 valence electrons. The van der Waals surface area contributed by atoms with E-state index in [1.54, 1.807) is 6.07 Å². The maximum atomic E-state index is 12.5. The number of rotatable bonds is 5. The van der Waals surface area contributed by atoms with Crippen molar-refractivity contribution in [3.05, 3.63) is 35.2 Å². The zero-order valence-electron chi connectivity index (χ0n) is 13.1. The van der Waals surface area contributed by atoms with Crippen LogP contribution in [0, 0.1) is 13.8 Å². The van der Waals surface area contributed by atoms with Crippen LogP contribution < -0.4 is 14.8 Å². The number of benzene rings is 1. The Morgan fingerprint density at radius 3 is 2.52 bits per heavy atom. The Labute approximate surface area is 133 Å². The number of anilines is 1. The van der Waals surface area contributed by atoms with Crippen molar-refractivity contribution in [1.82, 2.24) is 10.5 Å². The van der Waals surface area contributed by atoms with Gasteiger partial charge in [0.25, 0.3) is 15.9 Å². The molecule has 1 amide bonds. The summed E-state index contributed by atoms with van der Waals surface area (Å²) in [6.45, 7) is 3.03. The smallest absolute Gasteiger partial charge is 0.267 e. The van der Waals surface area contributed by atoms with Crippen molar-refractivity contribution in [3.63, 3.8) is 0 Å². The SMILES string of the molecule is CNC(=O)c1cc(OC)ccc1NS(=O)(=O)c1c(C)noc1C. The van der Waals surface area contributed by atoms with Crippen LogP contribution in [0.4, 0.5) is 5.69 Å². The van der Waals surface area contributed by atoms with Crippen LogP contribution in [0.5, 0.6) is 5.75 Å². The number of ether oxygens (including phenoxy) is 1. The Balaban J connectivity index is 2.49. The molecule has 8 nitrogen and oxygen atoms in total. The van der Waals surface area contributed by atoms with Gasteiger partial charge in [0.1, 0.15) is 11.4 Å². The van der Waals surface area contributed by atoms with E-state index < -0.39 is 15.9 Å². The zero-order valence-corrected chi connectivity index (χ0v) is 13.9. The summed E-state index contributed by atoms with van der Waals surface area (Å²) in [5.74, 6) is 0.161. The topological polar surface area (TPSA) is 111 Å². The minimum Gasteiger partial charge on any atom is -0.497 e. The second-order valence-corrected chi connectivity index (χ2v) is 6.37. The molecule has 0 saturated carbocycles. The largest absolute Gasteiger partial charge is 0.497 e. The maximum absolute atomic E-state index is 12.5. The van der Waals surface area contributed by atoms with Gasteiger partial charge in [-0.15, -0.1) is 0 Å². The highest BCUT2D eigenvalue weighted by molar-refractivity contribution is 7.92. The van der Waals surface area contributed by atoms with Crippen LogP contribution in [0.1, 0.15) is 21.8 Å². The molecular weight excluding hydrogens is 322 g/mol. The van der Waals surface area contributed by atoms with E-state index in [0.717, 1.165) is 0 Å². The van der Waals surface area contributed by atoms with Gasteiger partial charge in [0.05, 0.1) is 18.4 Å². The molecule has 0 unspecified atom stereocenters. The summed E-state index contributed by atoms with van der Waals surface area (Å²) < 4.78 is 37.4. The fourth-order valence-corrected chi connectivity index (χ4v) is 3.53. The van der Waals surface area contributed by atoms with Crippen LogP contribution in [0.3, 0.4) is 0 Å². The molecule has 23 heavy (non-hydrogen) atoms. The van der Waals surface area contributed by atoms with Gasteiger partial charge in [-0.05, 0) is 32.0 Å². The third-order valence-corrected chi connectivity index (χ3v) is 4.79. The van der Waals surface area contributed by atoms with Gasteiger partial charge in [-0.3, -0.25) is 9.52 Å². The quantitative estimate of drug-likeness (QED) is 0.853. The minimum absolute atomic E-state index is 0.0452. The number of hydrogen-bond acceptors (Lipinski definition) is 6. The predicted octanol–water partition coefficient (Wildman–Crippen LogP) is 1.46. The van der Waals surface area contributed by atoms with Crippen LogP contribution in [0.15, 0.2) is 27.6 Å². The van der Waals surface area contributed by atoms with Gasteiger partial charge in [0.15, 0.2) is 10.7 Å². The Morgan fingerprint density at radius 2 is 2.00 bits per heavy atom. The van der Waals surface area contributed by atoms with E-state index in [4.69, 9.17) is 9.26 Å². The zero-order chi connectivity index (χ0) is 17.2. The van der Waals surface area contributed by atoms with Gasteiger partial charge < -0.3 is 14.6 Å². The maximum Gasteiger partial charge on any atom is 0.267 e. The van der Waals surface area contributed by atoms with Crippen LogP contribution in [0.25, 0.3) is 0 Å². The van der Waals surface area contributed by atoms with Crippen molar-refractivity contribution >= 4 is 21.6 Å². The van der Waals surface area contributed by atoms with E-state index in [1.165, 1.54) is 40.1 Å². The molecule has 1 aromatic heterocycles. The average molecular weight is 339 g/mol. The number of carbonyl (C=O) groups excluding carboxylic acids is 1. The lowest BCUT2D eigenvalue weighted by Gasteiger charge is -2.13. The van der Waals surface area contributed by atoms with Gasteiger partial charge >= 0.3 is 0 Å². The highest BCUT2D eigenvalue weighted by Gasteiger charge is 2.26. The van der Waals surface area contributed by atoms with Gasteiger partial charge in [-0.1, -0.05) is 5.16 Å². The summed E-state index contributed by atoms with van der Waals surface area (Å²) in [7, 11) is -1.03. The van der Waals surface area contributed by atoms with Crippen LogP contribution in [-0.4, -0.2) is 33.6 Å². The van der Waals surface area contributed by atoms with Gasteiger partial charge in [0.2, 0.25) is 0 Å². The molecule has 0 spiro atoms. The predicted molar refractivity (Wildman–Crippen MR) is 83.2 cm³/mol. The highest BCUT2D eigenvalue weighted by atomic mass is 32.2. The monoisotopic (exact) mass is 339 g/mol. The number of methoxy groups -OCH3 is 1. The van der Waals surface area contributed by atoms with Gasteiger partial charge in [-0.2, -0.15) is 0 Å². The third kappa shape index (κ3) is 3.29. The van der Waals surface area contributed by atoms with Gasteiger partial charge in [0, 0.05) is 7.05 Å². The fourth-order valence-electron chi connectivity index (χ4n) is 2.12. The minimum atomic E-state index is -3.94. The first-order chi connectivity index (χ1) is 10.8. The Morgan fingerprint density at radius 1 is 1.30 bits per heavy atom. The summed E-state index contributed by atoms with van der Waals surface area (Å²) in [4.78, 5) is 11.9. The van der Waals surface area contributed by atoms with Crippen molar-refractivity contribution < 1.29 is 22.5 Å². The molecule has 1 aromatic carbocycles. The van der Waals surface area contributed by atoms with Crippen molar-refractivity contribution in [3.8, 4) is 5.75 Å². The van der Waals surface area contributed by atoms with Crippen LogP contribution >= 0.6 is 0 Å². The molecule has 2 N–H and O–H groups in total. The average Bonchev–Trinajstić information content (AvgIpc) is 2.86.